The Morgan fingerprint density at radius 3 is 2.90 bits per heavy atom. The largest absolute Gasteiger partial charge is 0.462 e. The van der Waals surface area contributed by atoms with Crippen LogP contribution in [0.2, 0.25) is 0 Å². The second-order valence-electron chi connectivity index (χ2n) is 5.30. The predicted molar refractivity (Wildman–Crippen MR) is 82.3 cm³/mol. The molecular weight excluding hydrogens is 288 g/mol. The van der Waals surface area contributed by atoms with E-state index in [9.17, 15) is 9.90 Å². The molecule has 0 radical (unpaired) electrons. The van der Waals surface area contributed by atoms with Gasteiger partial charge in [-0.15, -0.1) is 11.3 Å². The van der Waals surface area contributed by atoms with E-state index in [1.165, 1.54) is 11.3 Å². The van der Waals surface area contributed by atoms with Gasteiger partial charge in [-0.25, -0.2) is 4.98 Å². The number of rotatable bonds is 6. The first-order chi connectivity index (χ1) is 9.97. The van der Waals surface area contributed by atoms with Crippen LogP contribution in [0.15, 0.2) is 22.8 Å². The maximum absolute atomic E-state index is 12.2. The minimum atomic E-state index is -0.358. The molecule has 1 amide bonds. The smallest absolute Gasteiger partial charge is 0.271 e. The number of nitrogens with one attached hydrogen (secondary N) is 1. The third-order valence-corrected chi connectivity index (χ3v) is 4.08. The van der Waals surface area contributed by atoms with Gasteiger partial charge < -0.3 is 14.8 Å². The Morgan fingerprint density at radius 2 is 2.29 bits per heavy atom. The number of carbonyl (C=O) groups is 1. The molecular formula is C15H20N2O3S. The maximum Gasteiger partial charge on any atom is 0.271 e. The summed E-state index contributed by atoms with van der Waals surface area (Å²) >= 11 is 1.44. The number of nitrogens with zero attached hydrogens (tertiary/aromatic N) is 1. The van der Waals surface area contributed by atoms with Crippen molar-refractivity contribution >= 4 is 17.2 Å². The van der Waals surface area contributed by atoms with Gasteiger partial charge in [0.05, 0.1) is 12.4 Å². The Bertz CT molecular complexity index is 590. The van der Waals surface area contributed by atoms with Gasteiger partial charge in [0.1, 0.15) is 5.69 Å². The lowest BCUT2D eigenvalue weighted by molar-refractivity contribution is 0.0934. The van der Waals surface area contributed by atoms with Crippen molar-refractivity contribution in [2.75, 3.05) is 6.54 Å². The van der Waals surface area contributed by atoms with Crippen LogP contribution < -0.4 is 5.32 Å². The van der Waals surface area contributed by atoms with Crippen LogP contribution in [0.1, 0.15) is 35.6 Å². The van der Waals surface area contributed by atoms with Crippen LogP contribution in [0.4, 0.5) is 0 Å². The molecule has 2 aromatic rings. The van der Waals surface area contributed by atoms with Crippen LogP contribution in [0.25, 0.3) is 10.8 Å². The van der Waals surface area contributed by atoms with Crippen LogP contribution >= 0.6 is 11.3 Å². The van der Waals surface area contributed by atoms with Crippen LogP contribution in [0, 0.1) is 12.8 Å². The van der Waals surface area contributed by atoms with E-state index in [2.05, 4.69) is 10.3 Å². The molecule has 0 aliphatic carbocycles. The normalized spacial score (nSPS) is 13.9. The van der Waals surface area contributed by atoms with E-state index in [4.69, 9.17) is 4.42 Å². The van der Waals surface area contributed by atoms with E-state index < -0.39 is 0 Å². The number of hydrogen-bond acceptors (Lipinski definition) is 5. The molecule has 2 heterocycles. The summed E-state index contributed by atoms with van der Waals surface area (Å²) in [6.45, 7) is 6.14. The molecule has 0 fully saturated rings. The lowest BCUT2D eigenvalue weighted by Crippen LogP contribution is -2.30. The molecule has 114 valence electrons. The minimum Gasteiger partial charge on any atom is -0.462 e. The predicted octanol–water partition coefficient (Wildman–Crippen LogP) is 2.85. The zero-order chi connectivity index (χ0) is 15.4. The zero-order valence-corrected chi connectivity index (χ0v) is 13.2. The first-order valence-corrected chi connectivity index (χ1v) is 7.76. The SMILES string of the molecule is Cc1sc(-c2ccco2)nc1C(=O)NCC(C)CC(C)O. The Kier molecular flexibility index (Phi) is 5.14. The Morgan fingerprint density at radius 1 is 1.52 bits per heavy atom. The molecule has 0 aliphatic heterocycles. The summed E-state index contributed by atoms with van der Waals surface area (Å²) in [4.78, 5) is 17.4. The highest BCUT2D eigenvalue weighted by Crippen LogP contribution is 2.27. The number of aryl methyl sites for hydroxylation is 1. The second kappa shape index (κ2) is 6.87. The van der Waals surface area contributed by atoms with Crippen molar-refractivity contribution in [2.45, 2.75) is 33.3 Å². The summed E-state index contributed by atoms with van der Waals surface area (Å²) in [5.41, 5.74) is 0.440. The average Bonchev–Trinajstić information content (AvgIpc) is 3.04. The Hall–Kier alpha value is -1.66. The lowest BCUT2D eigenvalue weighted by Gasteiger charge is -2.13. The molecule has 2 rings (SSSR count). The van der Waals surface area contributed by atoms with E-state index in [0.29, 0.717) is 29.4 Å². The van der Waals surface area contributed by atoms with Gasteiger partial charge in [-0.3, -0.25) is 4.79 Å². The topological polar surface area (TPSA) is 75.4 Å². The fourth-order valence-corrected chi connectivity index (χ4v) is 3.01. The minimum absolute atomic E-state index is 0.181. The van der Waals surface area contributed by atoms with Crippen molar-refractivity contribution in [1.29, 1.82) is 0 Å². The molecule has 2 atom stereocenters. The van der Waals surface area contributed by atoms with Gasteiger partial charge in [0.25, 0.3) is 5.91 Å². The number of hydrogen-bond donors (Lipinski definition) is 2. The lowest BCUT2D eigenvalue weighted by atomic mass is 10.0. The van der Waals surface area contributed by atoms with Crippen molar-refractivity contribution in [3.8, 4) is 10.8 Å². The highest BCUT2D eigenvalue weighted by molar-refractivity contribution is 7.15. The molecule has 5 nitrogen and oxygen atoms in total. The summed E-state index contributed by atoms with van der Waals surface area (Å²) in [6, 6.07) is 3.62. The number of aliphatic hydroxyl groups is 1. The first-order valence-electron chi connectivity index (χ1n) is 6.95. The van der Waals surface area contributed by atoms with Gasteiger partial charge in [0, 0.05) is 11.4 Å². The third-order valence-electron chi connectivity index (χ3n) is 3.10. The molecule has 21 heavy (non-hydrogen) atoms. The van der Waals surface area contributed by atoms with Gasteiger partial charge in [-0.1, -0.05) is 6.92 Å². The van der Waals surface area contributed by atoms with E-state index in [-0.39, 0.29) is 17.9 Å². The third kappa shape index (κ3) is 4.15. The maximum atomic E-state index is 12.2. The Balaban J connectivity index is 2.00. The highest BCUT2D eigenvalue weighted by atomic mass is 32.1. The van der Waals surface area contributed by atoms with Gasteiger partial charge in [0.2, 0.25) is 0 Å². The number of amides is 1. The molecule has 0 saturated heterocycles. The van der Waals surface area contributed by atoms with E-state index >= 15 is 0 Å². The van der Waals surface area contributed by atoms with Crippen LogP contribution in [-0.4, -0.2) is 28.6 Å². The van der Waals surface area contributed by atoms with Gasteiger partial charge in [-0.2, -0.15) is 0 Å². The summed E-state index contributed by atoms with van der Waals surface area (Å²) < 4.78 is 5.30. The standard InChI is InChI=1S/C15H20N2O3S/c1-9(7-10(2)18)8-16-14(19)13-11(3)21-15(17-13)12-5-4-6-20-12/h4-6,9-10,18H,7-8H2,1-3H3,(H,16,19). The molecule has 2 N–H and O–H groups in total. The van der Waals surface area contributed by atoms with Gasteiger partial charge in [-0.05, 0) is 38.3 Å². The number of aliphatic hydroxyl groups excluding tert-OH is 1. The summed E-state index contributed by atoms with van der Waals surface area (Å²) in [5, 5.41) is 12.9. The number of thiazole rings is 1. The Labute approximate surface area is 128 Å². The summed E-state index contributed by atoms with van der Waals surface area (Å²) in [6.07, 6.45) is 1.89. The zero-order valence-electron chi connectivity index (χ0n) is 12.4. The molecule has 0 spiro atoms. The van der Waals surface area contributed by atoms with Gasteiger partial charge in [0.15, 0.2) is 10.8 Å². The highest BCUT2D eigenvalue weighted by Gasteiger charge is 2.18. The fourth-order valence-electron chi connectivity index (χ4n) is 2.13. The fraction of sp³-hybridized carbons (Fsp3) is 0.467. The summed E-state index contributed by atoms with van der Waals surface area (Å²) in [7, 11) is 0. The van der Waals surface area contributed by atoms with Crippen LogP contribution in [-0.2, 0) is 0 Å². The van der Waals surface area contributed by atoms with Crippen molar-refractivity contribution < 1.29 is 14.3 Å². The molecule has 0 saturated carbocycles. The summed E-state index contributed by atoms with van der Waals surface area (Å²) in [5.74, 6) is 0.709. The molecule has 0 bridgehead atoms. The molecule has 0 aliphatic rings. The van der Waals surface area contributed by atoms with Crippen LogP contribution in [0.5, 0.6) is 0 Å². The van der Waals surface area contributed by atoms with E-state index in [1.807, 2.05) is 19.9 Å². The van der Waals surface area contributed by atoms with E-state index in [1.54, 1.807) is 19.3 Å². The van der Waals surface area contributed by atoms with Crippen molar-refractivity contribution in [1.82, 2.24) is 10.3 Å². The van der Waals surface area contributed by atoms with Gasteiger partial charge >= 0.3 is 0 Å². The molecule has 2 unspecified atom stereocenters. The molecule has 2 aromatic heterocycles. The molecule has 6 heteroatoms. The number of aromatic nitrogens is 1. The quantitative estimate of drug-likeness (QED) is 0.860. The number of furan rings is 1. The van der Waals surface area contributed by atoms with E-state index in [0.717, 1.165) is 4.88 Å². The second-order valence-corrected chi connectivity index (χ2v) is 6.50. The average molecular weight is 308 g/mol. The van der Waals surface area contributed by atoms with Crippen molar-refractivity contribution in [3.05, 3.63) is 29.0 Å². The first kappa shape index (κ1) is 15.7. The number of carbonyl (C=O) groups excluding carboxylic acids is 1. The van der Waals surface area contributed by atoms with Crippen molar-refractivity contribution in [3.63, 3.8) is 0 Å². The van der Waals surface area contributed by atoms with Crippen molar-refractivity contribution in [2.24, 2.45) is 5.92 Å². The molecule has 0 aromatic carbocycles. The monoisotopic (exact) mass is 308 g/mol. The van der Waals surface area contributed by atoms with Crippen LogP contribution in [0.3, 0.4) is 0 Å².